The quantitative estimate of drug-likeness (QED) is 0.442. The molecule has 1 saturated heterocycles. The van der Waals surface area contributed by atoms with Gasteiger partial charge < -0.3 is 24.6 Å². The van der Waals surface area contributed by atoms with Crippen molar-refractivity contribution < 1.29 is 28.7 Å². The minimum absolute atomic E-state index is 0.0163. The maximum atomic E-state index is 13.7. The fourth-order valence-corrected chi connectivity index (χ4v) is 4.37. The Morgan fingerprint density at radius 3 is 2.23 bits per heavy atom. The van der Waals surface area contributed by atoms with E-state index in [1.54, 1.807) is 75.7 Å². The van der Waals surface area contributed by atoms with E-state index in [0.29, 0.717) is 19.4 Å². The number of hydrogen-bond acceptors (Lipinski definition) is 6. The minimum atomic E-state index is -1.36. The molecule has 9 nitrogen and oxygen atoms in total. The van der Waals surface area contributed by atoms with Gasteiger partial charge in [0, 0.05) is 19.6 Å². The number of nitrogens with one attached hydrogen (secondary N) is 1. The molecule has 0 unspecified atom stereocenters. The van der Waals surface area contributed by atoms with E-state index in [1.807, 2.05) is 27.7 Å². The van der Waals surface area contributed by atoms with Crippen LogP contribution in [-0.4, -0.2) is 76.4 Å². The number of benzene rings is 1. The van der Waals surface area contributed by atoms with Gasteiger partial charge in [0.05, 0.1) is 5.56 Å². The minimum Gasteiger partial charge on any atom is -0.475 e. The lowest BCUT2D eigenvalue weighted by atomic mass is 10.0. The fourth-order valence-electron chi connectivity index (χ4n) is 4.37. The Balaban J connectivity index is 2.28. The van der Waals surface area contributed by atoms with Crippen molar-refractivity contribution in [2.75, 3.05) is 13.6 Å². The van der Waals surface area contributed by atoms with Gasteiger partial charge in [-0.3, -0.25) is 14.4 Å². The summed E-state index contributed by atoms with van der Waals surface area (Å²) < 4.78 is 11.5. The van der Waals surface area contributed by atoms with Crippen molar-refractivity contribution in [1.82, 2.24) is 15.1 Å². The monoisotopic (exact) mass is 545 g/mol. The number of para-hydroxylation sites is 1. The first-order valence-electron chi connectivity index (χ1n) is 13.8. The number of nitrogens with zero attached hydrogens (tertiary/aromatic N) is 2. The third kappa shape index (κ3) is 8.70. The van der Waals surface area contributed by atoms with Gasteiger partial charge in [-0.1, -0.05) is 26.0 Å². The zero-order chi connectivity index (χ0) is 29.7. The lowest BCUT2D eigenvalue weighted by Crippen LogP contribution is -2.54. The van der Waals surface area contributed by atoms with Gasteiger partial charge in [-0.25, -0.2) is 4.79 Å². The molecule has 1 aliphatic heterocycles. The summed E-state index contributed by atoms with van der Waals surface area (Å²) in [4.78, 5) is 56.4. The summed E-state index contributed by atoms with van der Waals surface area (Å²) in [6.45, 7) is 16.8. The number of likely N-dealkylation sites (tertiary alicyclic amines) is 1. The van der Waals surface area contributed by atoms with Crippen LogP contribution in [0.4, 0.5) is 0 Å². The van der Waals surface area contributed by atoms with Gasteiger partial charge in [0.1, 0.15) is 23.4 Å². The van der Waals surface area contributed by atoms with E-state index in [4.69, 9.17) is 9.47 Å². The number of ether oxygens (including phenoxy) is 2. The summed E-state index contributed by atoms with van der Waals surface area (Å²) in [6, 6.07) is 5.26. The maximum absolute atomic E-state index is 13.7. The van der Waals surface area contributed by atoms with E-state index in [9.17, 15) is 19.2 Å². The van der Waals surface area contributed by atoms with E-state index in [2.05, 4.69) is 5.32 Å². The number of carbonyl (C=O) groups excluding carboxylic acids is 4. The second-order valence-corrected chi connectivity index (χ2v) is 12.5. The number of amides is 3. The van der Waals surface area contributed by atoms with Crippen LogP contribution in [-0.2, 0) is 19.1 Å². The molecule has 1 N–H and O–H groups in total. The molecular formula is C30H47N3O6. The van der Waals surface area contributed by atoms with Crippen LogP contribution in [0, 0.1) is 5.92 Å². The molecule has 0 aromatic heterocycles. The lowest BCUT2D eigenvalue weighted by Gasteiger charge is -2.33. The molecule has 1 heterocycles. The highest BCUT2D eigenvalue weighted by Crippen LogP contribution is 2.27. The molecule has 0 spiro atoms. The molecule has 1 aromatic rings. The normalized spacial score (nSPS) is 16.7. The highest BCUT2D eigenvalue weighted by Gasteiger charge is 2.40. The van der Waals surface area contributed by atoms with Gasteiger partial charge in [0.15, 0.2) is 5.60 Å². The smallest absolute Gasteiger partial charge is 0.350 e. The van der Waals surface area contributed by atoms with Crippen molar-refractivity contribution in [3.63, 3.8) is 0 Å². The van der Waals surface area contributed by atoms with Crippen LogP contribution in [0.15, 0.2) is 24.3 Å². The van der Waals surface area contributed by atoms with E-state index in [0.717, 1.165) is 6.42 Å². The fraction of sp³-hybridized carbons (Fsp3) is 0.667. The Bertz CT molecular complexity index is 1040. The molecule has 2 atom stereocenters. The molecular weight excluding hydrogens is 498 g/mol. The van der Waals surface area contributed by atoms with E-state index >= 15 is 0 Å². The molecule has 39 heavy (non-hydrogen) atoms. The van der Waals surface area contributed by atoms with E-state index < -0.39 is 35.2 Å². The van der Waals surface area contributed by atoms with Crippen molar-refractivity contribution in [2.24, 2.45) is 5.92 Å². The Morgan fingerprint density at radius 2 is 1.67 bits per heavy atom. The highest BCUT2D eigenvalue weighted by atomic mass is 16.6. The summed E-state index contributed by atoms with van der Waals surface area (Å²) >= 11 is 0. The van der Waals surface area contributed by atoms with Crippen LogP contribution in [0.1, 0.15) is 91.9 Å². The number of esters is 1. The Hall–Kier alpha value is -3.10. The van der Waals surface area contributed by atoms with E-state index in [1.165, 1.54) is 0 Å². The third-order valence-electron chi connectivity index (χ3n) is 6.64. The standard InChI is InChI=1S/C30H47N3O6/c1-19(2)18-22(26(35)33-17-13-15-23(33)27(36)32(10)20(3)4)31-25(34)21-14-11-12-16-24(21)38-30(8,9)28(37)39-29(5,6)7/h11-12,14,16,19-20,22-23H,13,15,17-18H2,1-10H3,(H,31,34)/t22-,23-/m1/s1. The van der Waals surface area contributed by atoms with Crippen molar-refractivity contribution in [3.05, 3.63) is 29.8 Å². The SMILES string of the molecule is CC(C)C[C@@H](NC(=O)c1ccccc1OC(C)(C)C(=O)OC(C)(C)C)C(=O)N1CCC[C@@H]1C(=O)N(C)C(C)C. The van der Waals surface area contributed by atoms with E-state index in [-0.39, 0.29) is 35.1 Å². The van der Waals surface area contributed by atoms with Crippen LogP contribution in [0.25, 0.3) is 0 Å². The van der Waals surface area contributed by atoms with Crippen molar-refractivity contribution in [2.45, 2.75) is 111 Å². The van der Waals surface area contributed by atoms with Gasteiger partial charge in [0.2, 0.25) is 11.8 Å². The van der Waals surface area contributed by atoms with Crippen LogP contribution in [0.3, 0.4) is 0 Å². The van der Waals surface area contributed by atoms with Gasteiger partial charge in [-0.2, -0.15) is 0 Å². The first kappa shape index (κ1) is 32.1. The number of hydrogen-bond donors (Lipinski definition) is 1. The first-order chi connectivity index (χ1) is 17.9. The molecule has 0 radical (unpaired) electrons. The molecule has 1 fully saturated rings. The average Bonchev–Trinajstić information content (AvgIpc) is 3.30. The summed E-state index contributed by atoms with van der Waals surface area (Å²) in [5.41, 5.74) is -1.86. The molecule has 1 aliphatic rings. The Morgan fingerprint density at radius 1 is 1.05 bits per heavy atom. The largest absolute Gasteiger partial charge is 0.475 e. The zero-order valence-electron chi connectivity index (χ0n) is 25.3. The van der Waals surface area contributed by atoms with Gasteiger partial charge in [-0.15, -0.1) is 0 Å². The number of rotatable bonds is 10. The summed E-state index contributed by atoms with van der Waals surface area (Å²) in [7, 11) is 1.75. The average molecular weight is 546 g/mol. The maximum Gasteiger partial charge on any atom is 0.350 e. The molecule has 0 saturated carbocycles. The zero-order valence-corrected chi connectivity index (χ0v) is 25.3. The summed E-state index contributed by atoms with van der Waals surface area (Å²) in [5, 5.41) is 2.90. The topological polar surface area (TPSA) is 105 Å². The molecule has 0 bridgehead atoms. The molecule has 9 heteroatoms. The summed E-state index contributed by atoms with van der Waals surface area (Å²) in [6.07, 6.45) is 1.74. The van der Waals surface area contributed by atoms with Crippen LogP contribution in [0.2, 0.25) is 0 Å². The van der Waals surface area contributed by atoms with Crippen LogP contribution in [0.5, 0.6) is 5.75 Å². The molecule has 218 valence electrons. The van der Waals surface area contributed by atoms with Gasteiger partial charge in [0.25, 0.3) is 5.91 Å². The lowest BCUT2D eigenvalue weighted by molar-refractivity contribution is -0.171. The van der Waals surface area contributed by atoms with Crippen LogP contribution < -0.4 is 10.1 Å². The number of likely N-dealkylation sites (N-methyl/N-ethyl adjacent to an activating group) is 1. The predicted octanol–water partition coefficient (Wildman–Crippen LogP) is 4.19. The molecule has 3 amide bonds. The second-order valence-electron chi connectivity index (χ2n) is 12.5. The first-order valence-corrected chi connectivity index (χ1v) is 13.8. The summed E-state index contributed by atoms with van der Waals surface area (Å²) in [5.74, 6) is -1.09. The van der Waals surface area contributed by atoms with Crippen molar-refractivity contribution in [3.8, 4) is 5.75 Å². The Labute approximate surface area is 233 Å². The van der Waals surface area contributed by atoms with Crippen molar-refractivity contribution >= 4 is 23.7 Å². The molecule has 1 aromatic carbocycles. The van der Waals surface area contributed by atoms with Gasteiger partial charge in [-0.05, 0) is 85.8 Å². The van der Waals surface area contributed by atoms with Crippen LogP contribution >= 0.6 is 0 Å². The van der Waals surface area contributed by atoms with Gasteiger partial charge >= 0.3 is 5.97 Å². The molecule has 0 aliphatic carbocycles. The van der Waals surface area contributed by atoms with Crippen molar-refractivity contribution in [1.29, 1.82) is 0 Å². The second kappa shape index (κ2) is 12.8. The Kier molecular flexibility index (Phi) is 10.6. The number of carbonyl (C=O) groups is 4. The molecule has 2 rings (SSSR count). The predicted molar refractivity (Wildman–Crippen MR) is 150 cm³/mol. The third-order valence-corrected chi connectivity index (χ3v) is 6.64. The highest BCUT2D eigenvalue weighted by molar-refractivity contribution is 6.00.